The molecular weight excluding hydrogens is 540 g/mol. The molecule has 1 aliphatic carbocycles. The molecule has 0 unspecified atom stereocenters. The number of hydrogen-bond acceptors (Lipinski definition) is 8. The lowest BCUT2D eigenvalue weighted by molar-refractivity contribution is 0.521. The molecule has 0 radical (unpaired) electrons. The molecule has 0 aliphatic heterocycles. The first kappa shape index (κ1) is 23.6. The summed E-state index contributed by atoms with van der Waals surface area (Å²) in [5.41, 5.74) is 4.20. The molecule has 2 aromatic carbocycles. The van der Waals surface area contributed by atoms with Crippen LogP contribution in [-0.2, 0) is 25.7 Å². The van der Waals surface area contributed by atoms with Crippen molar-refractivity contribution in [2.75, 3.05) is 0 Å². The van der Waals surface area contributed by atoms with E-state index in [-0.39, 0.29) is 35.7 Å². The molecule has 208 valence electrons. The van der Waals surface area contributed by atoms with Crippen LogP contribution in [0.15, 0.2) is 61.1 Å². The van der Waals surface area contributed by atoms with Gasteiger partial charge >= 0.3 is 22.5 Å². The second-order valence-corrected chi connectivity index (χ2v) is 11.3. The lowest BCUT2D eigenvalue weighted by Crippen LogP contribution is -2.11. The quantitative estimate of drug-likeness (QED) is 0.296. The highest BCUT2D eigenvalue weighted by atomic mass is 16.4. The Morgan fingerprint density at radius 1 is 0.524 bits per heavy atom. The van der Waals surface area contributed by atoms with Crippen molar-refractivity contribution in [1.82, 2.24) is 8.80 Å². The van der Waals surface area contributed by atoms with E-state index in [4.69, 9.17) is 17.7 Å². The SMILES string of the molecule is CCCc1cc2c(=O)oc3c4c(c5oc(=O)c(c1)c2n35)Cc1c(c2oc(=O)c3cc(CCC)cc5c(=O)oc1n2c35)C4. The molecular formula is C32H22N2O8. The molecule has 42 heavy (non-hydrogen) atoms. The van der Waals surface area contributed by atoms with Crippen LogP contribution in [0.2, 0.25) is 0 Å². The van der Waals surface area contributed by atoms with Gasteiger partial charge in [0.2, 0.25) is 22.9 Å². The first-order chi connectivity index (χ1) is 20.4. The van der Waals surface area contributed by atoms with Crippen LogP contribution in [0, 0.1) is 0 Å². The second kappa shape index (κ2) is 7.79. The summed E-state index contributed by atoms with van der Waals surface area (Å²) >= 11 is 0. The summed E-state index contributed by atoms with van der Waals surface area (Å²) in [4.78, 5) is 53.2. The number of nitrogens with zero attached hydrogens (tertiary/aromatic N) is 2. The Labute approximate surface area is 233 Å². The van der Waals surface area contributed by atoms with Crippen molar-refractivity contribution in [2.45, 2.75) is 52.4 Å². The van der Waals surface area contributed by atoms with Gasteiger partial charge in [0.1, 0.15) is 0 Å². The van der Waals surface area contributed by atoms with E-state index >= 15 is 0 Å². The van der Waals surface area contributed by atoms with Crippen molar-refractivity contribution >= 4 is 55.4 Å². The number of hydrogen-bond donors (Lipinski definition) is 0. The number of aromatic nitrogens is 2. The highest BCUT2D eigenvalue weighted by Gasteiger charge is 2.35. The number of fused-ring (bicyclic) bond motifs is 6. The average molecular weight is 563 g/mol. The molecule has 8 aromatic rings. The summed E-state index contributed by atoms with van der Waals surface area (Å²) in [6.45, 7) is 4.05. The molecule has 0 saturated heterocycles. The first-order valence-electron chi connectivity index (χ1n) is 14.1. The van der Waals surface area contributed by atoms with E-state index in [2.05, 4.69) is 0 Å². The minimum Gasteiger partial charge on any atom is -0.405 e. The Bertz CT molecular complexity index is 2340. The predicted molar refractivity (Wildman–Crippen MR) is 155 cm³/mol. The van der Waals surface area contributed by atoms with E-state index in [1.807, 2.05) is 13.8 Å². The summed E-state index contributed by atoms with van der Waals surface area (Å²) in [7, 11) is 0. The van der Waals surface area contributed by atoms with Crippen molar-refractivity contribution in [2.24, 2.45) is 0 Å². The lowest BCUT2D eigenvalue weighted by atomic mass is 9.91. The van der Waals surface area contributed by atoms with Gasteiger partial charge in [-0.3, -0.25) is 0 Å². The topological polar surface area (TPSA) is 130 Å². The zero-order valence-corrected chi connectivity index (χ0v) is 22.7. The molecule has 0 N–H and O–H groups in total. The highest BCUT2D eigenvalue weighted by molar-refractivity contribution is 6.00. The second-order valence-electron chi connectivity index (χ2n) is 11.3. The van der Waals surface area contributed by atoms with Crippen LogP contribution < -0.4 is 22.5 Å². The summed E-state index contributed by atoms with van der Waals surface area (Å²) in [5, 5.41) is 1.27. The van der Waals surface area contributed by atoms with Crippen molar-refractivity contribution in [3.8, 4) is 0 Å². The fourth-order valence-electron chi connectivity index (χ4n) is 7.09. The van der Waals surface area contributed by atoms with Gasteiger partial charge in [0.05, 0.1) is 32.6 Å². The Balaban J connectivity index is 1.38. The standard InChI is InChI=1S/C32H22N2O8/c1-3-5-13-7-19-23-20(8-13)30(36)40-26-16-12-18-17(11-15(16)25(33(23)26)39-29(19)35)27-34-24-21(31(37)41-27)9-14(6-4-2)10-22(24)32(38)42-28(18)34/h7-10H,3-6,11-12H2,1-2H3. The van der Waals surface area contributed by atoms with Crippen molar-refractivity contribution in [3.05, 3.63) is 99.3 Å². The van der Waals surface area contributed by atoms with E-state index in [0.29, 0.717) is 67.7 Å². The Morgan fingerprint density at radius 2 is 0.810 bits per heavy atom. The summed E-state index contributed by atoms with van der Waals surface area (Å²) in [6, 6.07) is 7.11. The van der Waals surface area contributed by atoms with Gasteiger partial charge in [0, 0.05) is 35.1 Å². The van der Waals surface area contributed by atoms with Gasteiger partial charge in [-0.2, -0.15) is 0 Å². The molecule has 6 aromatic heterocycles. The monoisotopic (exact) mass is 562 g/mol. The van der Waals surface area contributed by atoms with E-state index in [9.17, 15) is 19.2 Å². The van der Waals surface area contributed by atoms with Gasteiger partial charge < -0.3 is 17.7 Å². The maximum atomic E-state index is 13.3. The molecule has 0 spiro atoms. The third-order valence-electron chi connectivity index (χ3n) is 8.78. The molecule has 1 aliphatic rings. The number of aryl methyl sites for hydroxylation is 2. The third kappa shape index (κ3) is 2.74. The Hall–Kier alpha value is -5.12. The van der Waals surface area contributed by atoms with Crippen LogP contribution in [-0.4, -0.2) is 8.80 Å². The third-order valence-corrected chi connectivity index (χ3v) is 8.78. The van der Waals surface area contributed by atoms with E-state index < -0.39 is 22.5 Å². The van der Waals surface area contributed by atoms with Crippen molar-refractivity contribution in [1.29, 1.82) is 0 Å². The fourth-order valence-corrected chi connectivity index (χ4v) is 7.09. The van der Waals surface area contributed by atoms with Crippen LogP contribution in [0.4, 0.5) is 0 Å². The van der Waals surface area contributed by atoms with E-state index in [1.165, 1.54) is 0 Å². The van der Waals surface area contributed by atoms with Crippen molar-refractivity contribution < 1.29 is 17.7 Å². The van der Waals surface area contributed by atoms with Crippen LogP contribution >= 0.6 is 0 Å². The molecule has 10 nitrogen and oxygen atoms in total. The maximum Gasteiger partial charge on any atom is 0.347 e. The summed E-state index contributed by atoms with van der Waals surface area (Å²) in [6.07, 6.45) is 3.53. The largest absolute Gasteiger partial charge is 0.405 e. The number of rotatable bonds is 4. The van der Waals surface area contributed by atoms with Gasteiger partial charge in [-0.15, -0.1) is 0 Å². The summed E-state index contributed by atoms with van der Waals surface area (Å²) < 4.78 is 27.0. The van der Waals surface area contributed by atoms with Crippen LogP contribution in [0.3, 0.4) is 0 Å². The van der Waals surface area contributed by atoms with Gasteiger partial charge in [-0.1, -0.05) is 26.7 Å². The minimum absolute atomic E-state index is 0.210. The molecule has 0 fully saturated rings. The molecule has 0 amide bonds. The summed E-state index contributed by atoms with van der Waals surface area (Å²) in [5.74, 6) is 0. The fraction of sp³-hybridized carbons (Fsp3) is 0.250. The predicted octanol–water partition coefficient (Wildman–Crippen LogP) is 4.89. The normalized spacial score (nSPS) is 13.6. The molecule has 10 heteroatoms. The Kier molecular flexibility index (Phi) is 4.37. The molecule has 0 atom stereocenters. The Morgan fingerprint density at radius 3 is 1.07 bits per heavy atom. The molecule has 0 saturated carbocycles. The van der Waals surface area contributed by atoms with Crippen LogP contribution in [0.1, 0.15) is 60.1 Å². The zero-order chi connectivity index (χ0) is 28.6. The highest BCUT2D eigenvalue weighted by Crippen LogP contribution is 2.42. The zero-order valence-electron chi connectivity index (χ0n) is 22.7. The van der Waals surface area contributed by atoms with Gasteiger partial charge in [0.15, 0.2) is 0 Å². The molecule has 0 bridgehead atoms. The molecule has 6 heterocycles. The van der Waals surface area contributed by atoms with E-state index in [1.54, 1.807) is 33.1 Å². The molecule has 9 rings (SSSR count). The van der Waals surface area contributed by atoms with Gasteiger partial charge in [-0.25, -0.2) is 28.0 Å². The average Bonchev–Trinajstić information content (AvgIpc) is 3.44. The van der Waals surface area contributed by atoms with Gasteiger partial charge in [-0.05, 0) is 48.2 Å². The van der Waals surface area contributed by atoms with Crippen LogP contribution in [0.5, 0.6) is 0 Å². The number of benzene rings is 2. The van der Waals surface area contributed by atoms with Crippen molar-refractivity contribution in [3.63, 3.8) is 0 Å². The minimum atomic E-state index is -0.539. The lowest BCUT2D eigenvalue weighted by Gasteiger charge is -2.10. The smallest absolute Gasteiger partial charge is 0.347 e. The van der Waals surface area contributed by atoms with Crippen LogP contribution in [0.25, 0.3) is 55.4 Å². The van der Waals surface area contributed by atoms with E-state index in [0.717, 1.165) is 24.0 Å². The maximum absolute atomic E-state index is 13.3. The van der Waals surface area contributed by atoms with Gasteiger partial charge in [0.25, 0.3) is 0 Å². The first-order valence-corrected chi connectivity index (χ1v) is 14.1.